The zero-order chi connectivity index (χ0) is 13.2. The Kier molecular flexibility index (Phi) is 3.42. The summed E-state index contributed by atoms with van der Waals surface area (Å²) >= 11 is 3.47. The second kappa shape index (κ2) is 5.21. The van der Waals surface area contributed by atoms with E-state index in [4.69, 9.17) is 4.42 Å². The van der Waals surface area contributed by atoms with Crippen molar-refractivity contribution in [2.24, 2.45) is 5.92 Å². The highest BCUT2D eigenvalue weighted by Crippen LogP contribution is 2.29. The van der Waals surface area contributed by atoms with E-state index in [0.29, 0.717) is 6.54 Å². The zero-order valence-electron chi connectivity index (χ0n) is 10.4. The van der Waals surface area contributed by atoms with Crippen molar-refractivity contribution in [1.82, 2.24) is 5.32 Å². The lowest BCUT2D eigenvalue weighted by atomic mass is 10.1. The standard InChI is InChI=1S/C15H14BrNO2/c16-13-4-3-10-6-12(7-11(10)8-13)15(18)17-9-14-2-1-5-19-14/h1-5,8,12H,6-7,9H2,(H,17,18). The molecule has 0 bridgehead atoms. The van der Waals surface area contributed by atoms with Gasteiger partial charge < -0.3 is 9.73 Å². The first-order chi connectivity index (χ1) is 9.22. The molecule has 0 saturated carbocycles. The maximum absolute atomic E-state index is 12.1. The molecule has 1 atom stereocenters. The van der Waals surface area contributed by atoms with Crippen molar-refractivity contribution in [3.8, 4) is 0 Å². The number of benzene rings is 1. The quantitative estimate of drug-likeness (QED) is 0.944. The second-order valence-corrected chi connectivity index (χ2v) is 5.73. The molecule has 1 aromatic heterocycles. The van der Waals surface area contributed by atoms with Crippen LogP contribution in [0, 0.1) is 5.92 Å². The maximum Gasteiger partial charge on any atom is 0.224 e. The van der Waals surface area contributed by atoms with Crippen LogP contribution in [0.4, 0.5) is 0 Å². The van der Waals surface area contributed by atoms with Gasteiger partial charge in [-0.2, -0.15) is 0 Å². The number of hydrogen-bond donors (Lipinski definition) is 1. The molecule has 0 saturated heterocycles. The number of nitrogens with one attached hydrogen (secondary N) is 1. The molecule has 98 valence electrons. The summed E-state index contributed by atoms with van der Waals surface area (Å²) in [5, 5.41) is 2.93. The molecule has 1 heterocycles. The molecule has 1 aliphatic carbocycles. The Hall–Kier alpha value is -1.55. The topological polar surface area (TPSA) is 42.2 Å². The fourth-order valence-corrected chi connectivity index (χ4v) is 2.91. The summed E-state index contributed by atoms with van der Waals surface area (Å²) in [5.41, 5.74) is 2.55. The van der Waals surface area contributed by atoms with Crippen LogP contribution in [0.5, 0.6) is 0 Å². The Morgan fingerprint density at radius 2 is 2.16 bits per heavy atom. The van der Waals surface area contributed by atoms with E-state index in [1.54, 1.807) is 6.26 Å². The predicted octanol–water partition coefficient (Wildman–Crippen LogP) is 3.07. The highest BCUT2D eigenvalue weighted by Gasteiger charge is 2.27. The summed E-state index contributed by atoms with van der Waals surface area (Å²) < 4.78 is 6.28. The number of halogens is 1. The first-order valence-electron chi connectivity index (χ1n) is 6.30. The van der Waals surface area contributed by atoms with Gasteiger partial charge in [0.1, 0.15) is 5.76 Å². The molecule has 2 aromatic rings. The Morgan fingerprint density at radius 1 is 1.32 bits per heavy atom. The maximum atomic E-state index is 12.1. The van der Waals surface area contributed by atoms with Crippen LogP contribution >= 0.6 is 15.9 Å². The van der Waals surface area contributed by atoms with Crippen LogP contribution in [-0.2, 0) is 24.2 Å². The van der Waals surface area contributed by atoms with Gasteiger partial charge in [0.05, 0.1) is 12.8 Å². The van der Waals surface area contributed by atoms with E-state index in [1.807, 2.05) is 18.2 Å². The number of fused-ring (bicyclic) bond motifs is 1. The summed E-state index contributed by atoms with van der Waals surface area (Å²) in [4.78, 5) is 12.1. The fraction of sp³-hybridized carbons (Fsp3) is 0.267. The molecule has 0 spiro atoms. The summed E-state index contributed by atoms with van der Waals surface area (Å²) in [6.07, 6.45) is 3.26. The molecular formula is C15H14BrNO2. The van der Waals surface area contributed by atoms with E-state index >= 15 is 0 Å². The monoisotopic (exact) mass is 319 g/mol. The molecular weight excluding hydrogens is 306 g/mol. The van der Waals surface area contributed by atoms with E-state index < -0.39 is 0 Å². The van der Waals surface area contributed by atoms with Crippen LogP contribution in [0.1, 0.15) is 16.9 Å². The molecule has 0 aliphatic heterocycles. The summed E-state index contributed by atoms with van der Waals surface area (Å²) in [5.74, 6) is 0.926. The van der Waals surface area contributed by atoms with E-state index in [-0.39, 0.29) is 11.8 Å². The number of hydrogen-bond acceptors (Lipinski definition) is 2. The van der Waals surface area contributed by atoms with Gasteiger partial charge in [-0.3, -0.25) is 4.79 Å². The number of rotatable bonds is 3. The van der Waals surface area contributed by atoms with Gasteiger partial charge in [0, 0.05) is 10.4 Å². The van der Waals surface area contributed by atoms with Gasteiger partial charge in [-0.05, 0) is 48.2 Å². The second-order valence-electron chi connectivity index (χ2n) is 4.82. The molecule has 1 unspecified atom stereocenters. The average molecular weight is 320 g/mol. The third kappa shape index (κ3) is 2.73. The fourth-order valence-electron chi connectivity index (χ4n) is 2.50. The van der Waals surface area contributed by atoms with Crippen molar-refractivity contribution in [1.29, 1.82) is 0 Å². The number of carbonyl (C=O) groups excluding carboxylic acids is 1. The first-order valence-corrected chi connectivity index (χ1v) is 7.09. The lowest BCUT2D eigenvalue weighted by Crippen LogP contribution is -2.30. The summed E-state index contributed by atoms with van der Waals surface area (Å²) in [7, 11) is 0. The molecule has 1 N–H and O–H groups in total. The Bertz CT molecular complexity index is 592. The lowest BCUT2D eigenvalue weighted by Gasteiger charge is -2.09. The largest absolute Gasteiger partial charge is 0.467 e. The molecule has 3 rings (SSSR count). The van der Waals surface area contributed by atoms with E-state index in [1.165, 1.54) is 11.1 Å². The molecule has 1 amide bonds. The summed E-state index contributed by atoms with van der Waals surface area (Å²) in [6, 6.07) is 9.92. The number of amides is 1. The third-order valence-electron chi connectivity index (χ3n) is 3.49. The Labute approximate surface area is 120 Å². The molecule has 0 radical (unpaired) electrons. The first kappa shape index (κ1) is 12.5. The van der Waals surface area contributed by atoms with Crippen LogP contribution in [0.3, 0.4) is 0 Å². The molecule has 4 heteroatoms. The van der Waals surface area contributed by atoms with Crippen molar-refractivity contribution in [2.75, 3.05) is 0 Å². The van der Waals surface area contributed by atoms with Crippen LogP contribution in [0.25, 0.3) is 0 Å². The predicted molar refractivity (Wildman–Crippen MR) is 75.6 cm³/mol. The van der Waals surface area contributed by atoms with Crippen molar-refractivity contribution in [2.45, 2.75) is 19.4 Å². The van der Waals surface area contributed by atoms with Crippen molar-refractivity contribution >= 4 is 21.8 Å². The highest BCUT2D eigenvalue weighted by molar-refractivity contribution is 9.10. The van der Waals surface area contributed by atoms with E-state index in [9.17, 15) is 4.79 Å². The van der Waals surface area contributed by atoms with Crippen LogP contribution in [0.2, 0.25) is 0 Å². The van der Waals surface area contributed by atoms with E-state index in [2.05, 4.69) is 33.4 Å². The van der Waals surface area contributed by atoms with Crippen LogP contribution < -0.4 is 5.32 Å². The summed E-state index contributed by atoms with van der Waals surface area (Å²) in [6.45, 7) is 0.461. The normalized spacial score (nSPS) is 17.2. The number of furan rings is 1. The zero-order valence-corrected chi connectivity index (χ0v) is 11.9. The Morgan fingerprint density at radius 3 is 2.95 bits per heavy atom. The van der Waals surface area contributed by atoms with Gasteiger partial charge >= 0.3 is 0 Å². The van der Waals surface area contributed by atoms with Gasteiger partial charge in [0.2, 0.25) is 5.91 Å². The molecule has 0 fully saturated rings. The smallest absolute Gasteiger partial charge is 0.224 e. The van der Waals surface area contributed by atoms with Crippen LogP contribution in [-0.4, -0.2) is 5.91 Å². The van der Waals surface area contributed by atoms with Gasteiger partial charge in [-0.25, -0.2) is 0 Å². The van der Waals surface area contributed by atoms with Gasteiger partial charge in [0.25, 0.3) is 0 Å². The Balaban J connectivity index is 1.61. The lowest BCUT2D eigenvalue weighted by molar-refractivity contribution is -0.124. The molecule has 19 heavy (non-hydrogen) atoms. The molecule has 3 nitrogen and oxygen atoms in total. The average Bonchev–Trinajstić information content (AvgIpc) is 3.04. The van der Waals surface area contributed by atoms with Crippen molar-refractivity contribution in [3.63, 3.8) is 0 Å². The minimum absolute atomic E-state index is 0.0410. The minimum Gasteiger partial charge on any atom is -0.467 e. The van der Waals surface area contributed by atoms with E-state index in [0.717, 1.165) is 23.1 Å². The van der Waals surface area contributed by atoms with Gasteiger partial charge in [-0.1, -0.05) is 22.0 Å². The van der Waals surface area contributed by atoms with Gasteiger partial charge in [0.15, 0.2) is 0 Å². The minimum atomic E-state index is 0.0410. The third-order valence-corrected chi connectivity index (χ3v) is 3.98. The van der Waals surface area contributed by atoms with Crippen LogP contribution in [0.15, 0.2) is 45.5 Å². The highest BCUT2D eigenvalue weighted by atomic mass is 79.9. The number of carbonyl (C=O) groups is 1. The molecule has 1 aliphatic rings. The SMILES string of the molecule is O=C(NCc1ccco1)C1Cc2ccc(Br)cc2C1. The molecule has 1 aromatic carbocycles. The van der Waals surface area contributed by atoms with Crippen molar-refractivity contribution in [3.05, 3.63) is 58.0 Å². The van der Waals surface area contributed by atoms with Crippen molar-refractivity contribution < 1.29 is 9.21 Å². The van der Waals surface area contributed by atoms with Gasteiger partial charge in [-0.15, -0.1) is 0 Å².